The maximum Gasteiger partial charge on any atom is 0.127 e. The fourth-order valence-electron chi connectivity index (χ4n) is 3.10. The third-order valence-corrected chi connectivity index (χ3v) is 4.51. The van der Waals surface area contributed by atoms with Gasteiger partial charge in [-0.1, -0.05) is 28.8 Å². The third-order valence-electron chi connectivity index (χ3n) is 4.05. The van der Waals surface area contributed by atoms with Crippen LogP contribution in [0.15, 0.2) is 16.6 Å². The van der Waals surface area contributed by atoms with Gasteiger partial charge in [-0.25, -0.2) is 0 Å². The van der Waals surface area contributed by atoms with E-state index < -0.39 is 0 Å². The van der Waals surface area contributed by atoms with Crippen molar-refractivity contribution >= 4 is 15.9 Å². The Labute approximate surface area is 117 Å². The maximum absolute atomic E-state index is 5.75. The van der Waals surface area contributed by atoms with Crippen LogP contribution in [0.25, 0.3) is 0 Å². The quantitative estimate of drug-likeness (QED) is 0.916. The van der Waals surface area contributed by atoms with Crippen molar-refractivity contribution in [1.29, 1.82) is 0 Å². The van der Waals surface area contributed by atoms with Crippen molar-refractivity contribution in [3.8, 4) is 5.75 Å². The summed E-state index contributed by atoms with van der Waals surface area (Å²) < 4.78 is 6.92. The summed E-state index contributed by atoms with van der Waals surface area (Å²) in [4.78, 5) is 0. The molecule has 2 nitrogen and oxygen atoms in total. The normalized spacial score (nSPS) is 18.9. The number of hydrogen-bond acceptors (Lipinski definition) is 2. The molecule has 0 atom stereocenters. The van der Waals surface area contributed by atoms with Gasteiger partial charge in [0.15, 0.2) is 0 Å². The van der Waals surface area contributed by atoms with E-state index in [2.05, 4.69) is 33.4 Å². The summed E-state index contributed by atoms with van der Waals surface area (Å²) in [5.74, 6) is 2.02. The molecule has 0 unspecified atom stereocenters. The minimum Gasteiger partial charge on any atom is -0.493 e. The molecule has 1 N–H and O–H groups in total. The van der Waals surface area contributed by atoms with E-state index in [1.165, 1.54) is 41.3 Å². The molecule has 0 amide bonds. The summed E-state index contributed by atoms with van der Waals surface area (Å²) in [7, 11) is 0. The first kappa shape index (κ1) is 12.5. The molecule has 98 valence electrons. The van der Waals surface area contributed by atoms with E-state index in [1.807, 2.05) is 0 Å². The lowest BCUT2D eigenvalue weighted by Gasteiger charge is -2.13. The van der Waals surface area contributed by atoms with Gasteiger partial charge in [0, 0.05) is 23.0 Å². The first-order chi connectivity index (χ1) is 8.83. The number of hydrogen-bond donors (Lipinski definition) is 1. The van der Waals surface area contributed by atoms with Gasteiger partial charge in [0.2, 0.25) is 0 Å². The second-order valence-corrected chi connectivity index (χ2v) is 6.35. The summed E-state index contributed by atoms with van der Waals surface area (Å²) in [6, 6.07) is 4.37. The van der Waals surface area contributed by atoms with Gasteiger partial charge in [-0.2, -0.15) is 0 Å². The highest BCUT2D eigenvalue weighted by molar-refractivity contribution is 9.10. The van der Waals surface area contributed by atoms with Gasteiger partial charge < -0.3 is 10.1 Å². The summed E-state index contributed by atoms with van der Waals surface area (Å²) >= 11 is 3.59. The number of nitrogens with one attached hydrogen (secondary N) is 1. The molecule has 1 heterocycles. The number of halogens is 1. The molecule has 2 aliphatic rings. The summed E-state index contributed by atoms with van der Waals surface area (Å²) in [5, 5.41) is 3.60. The lowest BCUT2D eigenvalue weighted by atomic mass is 10.1. The van der Waals surface area contributed by atoms with Crippen LogP contribution in [0.5, 0.6) is 5.75 Å². The molecule has 1 aliphatic heterocycles. The number of ether oxygens (including phenoxy) is 1. The van der Waals surface area contributed by atoms with Crippen molar-refractivity contribution in [3.05, 3.63) is 27.7 Å². The minimum absolute atomic E-state index is 0.835. The van der Waals surface area contributed by atoms with Crippen molar-refractivity contribution in [2.45, 2.75) is 38.6 Å². The van der Waals surface area contributed by atoms with E-state index in [1.54, 1.807) is 0 Å². The average molecular weight is 310 g/mol. The van der Waals surface area contributed by atoms with Crippen molar-refractivity contribution in [2.75, 3.05) is 13.2 Å². The largest absolute Gasteiger partial charge is 0.493 e. The highest BCUT2D eigenvalue weighted by Crippen LogP contribution is 2.33. The zero-order chi connectivity index (χ0) is 12.4. The van der Waals surface area contributed by atoms with Crippen LogP contribution in [0.4, 0.5) is 0 Å². The van der Waals surface area contributed by atoms with Crippen molar-refractivity contribution in [1.82, 2.24) is 5.32 Å². The fourth-order valence-corrected chi connectivity index (χ4v) is 3.66. The molecule has 1 saturated carbocycles. The van der Waals surface area contributed by atoms with E-state index in [4.69, 9.17) is 4.74 Å². The Balaban J connectivity index is 1.61. The highest BCUT2D eigenvalue weighted by Gasteiger charge is 2.18. The third kappa shape index (κ3) is 2.72. The van der Waals surface area contributed by atoms with Crippen molar-refractivity contribution < 1.29 is 4.74 Å². The second-order valence-electron chi connectivity index (χ2n) is 5.43. The lowest BCUT2D eigenvalue weighted by Crippen LogP contribution is -2.21. The van der Waals surface area contributed by atoms with Gasteiger partial charge in [-0.05, 0) is 43.0 Å². The molecular formula is C15H20BrNO. The zero-order valence-electron chi connectivity index (χ0n) is 10.7. The fraction of sp³-hybridized carbons (Fsp3) is 0.600. The Bertz CT molecular complexity index is 427. The number of rotatable bonds is 4. The first-order valence-corrected chi connectivity index (χ1v) is 7.77. The van der Waals surface area contributed by atoms with E-state index >= 15 is 0 Å². The van der Waals surface area contributed by atoms with Crippen LogP contribution in [0.3, 0.4) is 0 Å². The van der Waals surface area contributed by atoms with E-state index in [0.29, 0.717) is 0 Å². The Hall–Kier alpha value is -0.540. The Kier molecular flexibility index (Phi) is 3.90. The second kappa shape index (κ2) is 5.62. The van der Waals surface area contributed by atoms with E-state index in [0.717, 1.165) is 37.8 Å². The maximum atomic E-state index is 5.75. The predicted molar refractivity (Wildman–Crippen MR) is 77.0 cm³/mol. The number of fused-ring (bicyclic) bond motifs is 1. The average Bonchev–Trinajstić information content (AvgIpc) is 2.98. The van der Waals surface area contributed by atoms with Crippen LogP contribution in [-0.4, -0.2) is 13.2 Å². The number of benzene rings is 1. The van der Waals surface area contributed by atoms with Crippen molar-refractivity contribution in [2.24, 2.45) is 5.92 Å². The van der Waals surface area contributed by atoms with Crippen LogP contribution >= 0.6 is 15.9 Å². The molecule has 3 rings (SSSR count). The Morgan fingerprint density at radius 3 is 2.94 bits per heavy atom. The summed E-state index contributed by atoms with van der Waals surface area (Å²) in [5.41, 5.74) is 2.65. The molecule has 1 aliphatic carbocycles. The molecular weight excluding hydrogens is 290 g/mol. The van der Waals surface area contributed by atoms with E-state index in [-0.39, 0.29) is 0 Å². The smallest absolute Gasteiger partial charge is 0.127 e. The Morgan fingerprint density at radius 1 is 1.28 bits per heavy atom. The molecule has 0 aromatic heterocycles. The van der Waals surface area contributed by atoms with Crippen LogP contribution in [-0.2, 0) is 13.0 Å². The molecule has 0 bridgehead atoms. The monoisotopic (exact) mass is 309 g/mol. The molecule has 0 saturated heterocycles. The molecule has 1 aromatic rings. The van der Waals surface area contributed by atoms with Gasteiger partial charge in [0.1, 0.15) is 5.75 Å². The molecule has 18 heavy (non-hydrogen) atoms. The SMILES string of the molecule is Brc1cc2c(c(CNCC3CCCC3)c1)OCC2. The van der Waals surface area contributed by atoms with Gasteiger partial charge in [-0.3, -0.25) is 0 Å². The van der Waals surface area contributed by atoms with Gasteiger partial charge >= 0.3 is 0 Å². The molecule has 0 spiro atoms. The van der Waals surface area contributed by atoms with Gasteiger partial charge in [0.05, 0.1) is 6.61 Å². The van der Waals surface area contributed by atoms with Crippen LogP contribution < -0.4 is 10.1 Å². The zero-order valence-corrected chi connectivity index (χ0v) is 12.3. The predicted octanol–water partition coefficient (Wildman–Crippen LogP) is 3.66. The molecule has 0 radical (unpaired) electrons. The highest BCUT2D eigenvalue weighted by atomic mass is 79.9. The minimum atomic E-state index is 0.835. The molecule has 3 heteroatoms. The van der Waals surface area contributed by atoms with Gasteiger partial charge in [-0.15, -0.1) is 0 Å². The lowest BCUT2D eigenvalue weighted by molar-refractivity contribution is 0.351. The summed E-state index contributed by atoms with van der Waals surface area (Å²) in [6.45, 7) is 2.92. The van der Waals surface area contributed by atoms with Crippen molar-refractivity contribution in [3.63, 3.8) is 0 Å². The Morgan fingerprint density at radius 2 is 2.11 bits per heavy atom. The van der Waals surface area contributed by atoms with Crippen LogP contribution in [0.2, 0.25) is 0 Å². The van der Waals surface area contributed by atoms with Gasteiger partial charge in [0.25, 0.3) is 0 Å². The first-order valence-electron chi connectivity index (χ1n) is 6.98. The topological polar surface area (TPSA) is 21.3 Å². The molecule has 1 aromatic carbocycles. The van der Waals surface area contributed by atoms with Crippen LogP contribution in [0, 0.1) is 5.92 Å². The standard InChI is InChI=1S/C15H20BrNO/c16-14-7-12-5-6-18-15(12)13(8-14)10-17-9-11-3-1-2-4-11/h7-8,11,17H,1-6,9-10H2. The van der Waals surface area contributed by atoms with Crippen LogP contribution in [0.1, 0.15) is 36.8 Å². The summed E-state index contributed by atoms with van der Waals surface area (Å²) in [6.07, 6.45) is 6.69. The molecule has 1 fully saturated rings. The van der Waals surface area contributed by atoms with E-state index in [9.17, 15) is 0 Å².